The van der Waals surface area contributed by atoms with Gasteiger partial charge in [0, 0.05) is 11.1 Å². The van der Waals surface area contributed by atoms with Crippen LogP contribution >= 0.6 is 0 Å². The van der Waals surface area contributed by atoms with E-state index < -0.39 is 5.82 Å². The number of nitrogen functional groups attached to an aromatic ring is 1. The lowest BCUT2D eigenvalue weighted by Gasteiger charge is -2.39. The fourth-order valence-corrected chi connectivity index (χ4v) is 1.86. The average Bonchev–Trinajstić information content (AvgIpc) is 2.19. The summed E-state index contributed by atoms with van der Waals surface area (Å²) in [7, 11) is 0. The largest absolute Gasteiger partial charge is 0.396 e. The predicted molar refractivity (Wildman–Crippen MR) is 60.5 cm³/mol. The van der Waals surface area contributed by atoms with Crippen molar-refractivity contribution in [3.8, 4) is 0 Å². The molecular weight excluding hydrogens is 207 g/mol. The number of anilines is 1. The van der Waals surface area contributed by atoms with Crippen molar-refractivity contribution in [3.05, 3.63) is 29.6 Å². The minimum atomic E-state index is -0.494. The smallest absolute Gasteiger partial charge is 0.251 e. The quantitative estimate of drug-likeness (QED) is 0.753. The fourth-order valence-electron chi connectivity index (χ4n) is 1.86. The third-order valence-electron chi connectivity index (χ3n) is 3.13. The molecule has 1 saturated carbocycles. The molecule has 3 nitrogen and oxygen atoms in total. The molecule has 16 heavy (non-hydrogen) atoms. The minimum absolute atomic E-state index is 0.00594. The first-order valence-electron chi connectivity index (χ1n) is 5.38. The lowest BCUT2D eigenvalue weighted by molar-refractivity contribution is 0.0850. The normalized spacial score (nSPS) is 17.6. The second-order valence-electron chi connectivity index (χ2n) is 4.60. The molecule has 4 heteroatoms. The zero-order chi connectivity index (χ0) is 11.8. The van der Waals surface area contributed by atoms with E-state index >= 15 is 0 Å². The third kappa shape index (κ3) is 2.01. The van der Waals surface area contributed by atoms with Crippen molar-refractivity contribution in [2.45, 2.75) is 31.7 Å². The maximum atomic E-state index is 12.9. The molecule has 0 unspecified atom stereocenters. The number of rotatable bonds is 2. The predicted octanol–water partition coefficient (Wildman–Crippen LogP) is 2.08. The number of benzene rings is 1. The maximum absolute atomic E-state index is 12.9. The zero-order valence-electron chi connectivity index (χ0n) is 9.22. The van der Waals surface area contributed by atoms with E-state index in [1.54, 1.807) is 0 Å². The molecule has 1 aromatic rings. The SMILES string of the molecule is CC1(NC(=O)c2ccc(F)c(N)c2)CCC1. The van der Waals surface area contributed by atoms with Crippen molar-refractivity contribution in [3.63, 3.8) is 0 Å². The highest BCUT2D eigenvalue weighted by Gasteiger charge is 2.33. The van der Waals surface area contributed by atoms with Gasteiger partial charge in [0.1, 0.15) is 5.82 Å². The lowest BCUT2D eigenvalue weighted by Crippen LogP contribution is -2.50. The standard InChI is InChI=1S/C12H15FN2O/c1-12(5-2-6-12)15-11(16)8-3-4-9(13)10(14)7-8/h3-4,7H,2,5-6,14H2,1H3,(H,15,16). The van der Waals surface area contributed by atoms with Crippen LogP contribution in [0, 0.1) is 5.82 Å². The Morgan fingerprint density at radius 3 is 2.69 bits per heavy atom. The average molecular weight is 222 g/mol. The van der Waals surface area contributed by atoms with Crippen LogP contribution in [0.25, 0.3) is 0 Å². The van der Waals surface area contributed by atoms with E-state index in [9.17, 15) is 9.18 Å². The van der Waals surface area contributed by atoms with Gasteiger partial charge in [-0.2, -0.15) is 0 Å². The van der Waals surface area contributed by atoms with Crippen molar-refractivity contribution in [2.24, 2.45) is 0 Å². The first-order valence-corrected chi connectivity index (χ1v) is 5.38. The van der Waals surface area contributed by atoms with E-state index in [-0.39, 0.29) is 17.1 Å². The Morgan fingerprint density at radius 2 is 2.19 bits per heavy atom. The molecule has 0 spiro atoms. The van der Waals surface area contributed by atoms with Crippen molar-refractivity contribution < 1.29 is 9.18 Å². The number of halogens is 1. The number of hydrogen-bond donors (Lipinski definition) is 2. The summed E-state index contributed by atoms with van der Waals surface area (Å²) in [6, 6.07) is 4.03. The van der Waals surface area contributed by atoms with Gasteiger partial charge in [0.25, 0.3) is 5.91 Å². The van der Waals surface area contributed by atoms with Crippen molar-refractivity contribution in [2.75, 3.05) is 5.73 Å². The lowest BCUT2D eigenvalue weighted by atomic mass is 9.78. The first-order chi connectivity index (χ1) is 7.50. The van der Waals surface area contributed by atoms with Crippen molar-refractivity contribution >= 4 is 11.6 Å². The van der Waals surface area contributed by atoms with Crippen LogP contribution in [-0.4, -0.2) is 11.4 Å². The first kappa shape index (κ1) is 10.9. The summed E-state index contributed by atoms with van der Waals surface area (Å²) in [6.45, 7) is 2.02. The number of carbonyl (C=O) groups excluding carboxylic acids is 1. The molecule has 2 rings (SSSR count). The summed E-state index contributed by atoms with van der Waals surface area (Å²) in [6.07, 6.45) is 3.13. The van der Waals surface area contributed by atoms with Crippen LogP contribution in [0.1, 0.15) is 36.5 Å². The van der Waals surface area contributed by atoms with Gasteiger partial charge < -0.3 is 11.1 Å². The van der Waals surface area contributed by atoms with Crippen LogP contribution in [0.15, 0.2) is 18.2 Å². The molecule has 0 radical (unpaired) electrons. The molecule has 86 valence electrons. The molecule has 1 fully saturated rings. The highest BCUT2D eigenvalue weighted by Crippen LogP contribution is 2.31. The summed E-state index contributed by atoms with van der Waals surface area (Å²) in [5, 5.41) is 2.94. The monoisotopic (exact) mass is 222 g/mol. The van der Waals surface area contributed by atoms with Gasteiger partial charge in [0.2, 0.25) is 0 Å². The molecule has 0 heterocycles. The van der Waals surface area contributed by atoms with Gasteiger partial charge in [-0.3, -0.25) is 4.79 Å². The van der Waals surface area contributed by atoms with E-state index in [2.05, 4.69) is 5.32 Å². The molecule has 0 aliphatic heterocycles. The van der Waals surface area contributed by atoms with Gasteiger partial charge in [0.15, 0.2) is 0 Å². The molecule has 1 aromatic carbocycles. The van der Waals surface area contributed by atoms with E-state index in [1.165, 1.54) is 18.2 Å². The minimum Gasteiger partial charge on any atom is -0.396 e. The highest BCUT2D eigenvalue weighted by molar-refractivity contribution is 5.95. The van der Waals surface area contributed by atoms with Crippen LogP contribution in [0.2, 0.25) is 0 Å². The number of amides is 1. The van der Waals surface area contributed by atoms with E-state index in [4.69, 9.17) is 5.73 Å². The van der Waals surface area contributed by atoms with Gasteiger partial charge in [-0.05, 0) is 44.4 Å². The van der Waals surface area contributed by atoms with Crippen molar-refractivity contribution in [1.82, 2.24) is 5.32 Å². The molecule has 1 amide bonds. The second-order valence-corrected chi connectivity index (χ2v) is 4.60. The molecule has 0 atom stereocenters. The molecule has 0 bridgehead atoms. The van der Waals surface area contributed by atoms with Gasteiger partial charge in [0.05, 0.1) is 5.69 Å². The van der Waals surface area contributed by atoms with Gasteiger partial charge in [-0.15, -0.1) is 0 Å². The Balaban J connectivity index is 2.11. The molecular formula is C12H15FN2O. The highest BCUT2D eigenvalue weighted by atomic mass is 19.1. The number of hydrogen-bond acceptors (Lipinski definition) is 2. The Bertz CT molecular complexity index is 427. The Morgan fingerprint density at radius 1 is 1.50 bits per heavy atom. The number of nitrogens with one attached hydrogen (secondary N) is 1. The van der Waals surface area contributed by atoms with E-state index in [1.807, 2.05) is 6.92 Å². The Labute approximate surface area is 93.8 Å². The molecule has 3 N–H and O–H groups in total. The third-order valence-corrected chi connectivity index (χ3v) is 3.13. The van der Waals surface area contributed by atoms with Crippen LogP contribution < -0.4 is 11.1 Å². The van der Waals surface area contributed by atoms with Crippen LogP contribution in [0.5, 0.6) is 0 Å². The van der Waals surface area contributed by atoms with E-state index in [0.717, 1.165) is 19.3 Å². The van der Waals surface area contributed by atoms with Crippen LogP contribution in [0.4, 0.5) is 10.1 Å². The molecule has 1 aliphatic rings. The van der Waals surface area contributed by atoms with Gasteiger partial charge >= 0.3 is 0 Å². The summed E-state index contributed by atoms with van der Waals surface area (Å²) in [5.41, 5.74) is 5.73. The topological polar surface area (TPSA) is 55.1 Å². The number of carbonyl (C=O) groups is 1. The zero-order valence-corrected chi connectivity index (χ0v) is 9.22. The molecule has 0 aromatic heterocycles. The Hall–Kier alpha value is -1.58. The maximum Gasteiger partial charge on any atom is 0.251 e. The Kier molecular flexibility index (Phi) is 2.58. The summed E-state index contributed by atoms with van der Waals surface area (Å²) >= 11 is 0. The summed E-state index contributed by atoms with van der Waals surface area (Å²) < 4.78 is 12.9. The summed E-state index contributed by atoms with van der Waals surface area (Å²) in [5.74, 6) is -0.680. The molecule has 1 aliphatic carbocycles. The molecule has 0 saturated heterocycles. The fraction of sp³-hybridized carbons (Fsp3) is 0.417. The van der Waals surface area contributed by atoms with Gasteiger partial charge in [-0.1, -0.05) is 0 Å². The van der Waals surface area contributed by atoms with Crippen LogP contribution in [-0.2, 0) is 0 Å². The van der Waals surface area contributed by atoms with Crippen molar-refractivity contribution in [1.29, 1.82) is 0 Å². The van der Waals surface area contributed by atoms with E-state index in [0.29, 0.717) is 5.56 Å². The van der Waals surface area contributed by atoms with Crippen LogP contribution in [0.3, 0.4) is 0 Å². The second kappa shape index (κ2) is 3.77. The van der Waals surface area contributed by atoms with Gasteiger partial charge in [-0.25, -0.2) is 4.39 Å². The summed E-state index contributed by atoms with van der Waals surface area (Å²) in [4.78, 5) is 11.8. The number of nitrogens with two attached hydrogens (primary N) is 1.